The van der Waals surface area contributed by atoms with Crippen LogP contribution in [-0.4, -0.2) is 44.5 Å². The van der Waals surface area contributed by atoms with E-state index in [9.17, 15) is 33.3 Å². The average molecular weight is 467 g/mol. The number of nitrogens with one attached hydrogen (secondary N) is 1. The molecule has 174 valence electrons. The van der Waals surface area contributed by atoms with Crippen LogP contribution in [0.1, 0.15) is 23.1 Å². The van der Waals surface area contributed by atoms with Gasteiger partial charge in [0.2, 0.25) is 0 Å². The molecule has 14 heteroatoms. The number of carbonyl (C=O) groups excluding carboxylic acids is 1. The molecular weight excluding hydrogens is 451 g/mol. The first kappa shape index (κ1) is 23.3. The van der Waals surface area contributed by atoms with Crippen molar-refractivity contribution >= 4 is 17.3 Å². The number of pyridine rings is 1. The summed E-state index contributed by atoms with van der Waals surface area (Å²) in [5.41, 5.74) is -3.13. The van der Waals surface area contributed by atoms with Gasteiger partial charge in [0.15, 0.2) is 17.2 Å². The second-order valence-corrected chi connectivity index (χ2v) is 6.33. The molecule has 0 aliphatic heterocycles. The predicted octanol–water partition coefficient (Wildman–Crippen LogP) is 4.12. The lowest BCUT2D eigenvalue weighted by Crippen LogP contribution is -2.18. The first-order valence-electron chi connectivity index (χ1n) is 9.23. The van der Waals surface area contributed by atoms with Crippen LogP contribution >= 0.6 is 0 Å². The van der Waals surface area contributed by atoms with Gasteiger partial charge in [0.05, 0.1) is 17.6 Å². The molecule has 0 aliphatic rings. The zero-order chi connectivity index (χ0) is 24.3. The highest BCUT2D eigenvalue weighted by Gasteiger charge is 2.43. The van der Waals surface area contributed by atoms with Crippen LogP contribution in [0.15, 0.2) is 36.5 Å². The molecule has 0 radical (unpaired) electrons. The zero-order valence-electron chi connectivity index (χ0n) is 17.1. The van der Waals surface area contributed by atoms with Crippen LogP contribution in [0.4, 0.5) is 24.5 Å². The number of imidazole rings is 1. The molecule has 33 heavy (non-hydrogen) atoms. The van der Waals surface area contributed by atoms with Crippen molar-refractivity contribution in [3.05, 3.63) is 58.0 Å². The standard InChI is InChI=1S/C19H16F3N5O6/c1-3-32-18(28)15-16(19(20,21)22)26(29)17(25-15)13-8-11(6-7-24-13)33-10-4-5-12(23-2)14(9-10)27(30)31/h4-9,23,29H,3H2,1-2H3. The molecule has 2 aromatic heterocycles. The SMILES string of the molecule is CCOC(=O)c1nc(-c2cc(Oc3ccc(NC)c([N+](=O)[O-])c3)ccn2)n(O)c1C(F)(F)F. The monoisotopic (exact) mass is 467 g/mol. The maximum Gasteiger partial charge on any atom is 0.437 e. The van der Waals surface area contributed by atoms with E-state index in [-0.39, 0.29) is 39.9 Å². The van der Waals surface area contributed by atoms with E-state index >= 15 is 0 Å². The molecule has 0 aliphatic carbocycles. The molecule has 0 amide bonds. The van der Waals surface area contributed by atoms with Crippen LogP contribution in [0.25, 0.3) is 11.5 Å². The Morgan fingerprint density at radius 1 is 1.27 bits per heavy atom. The highest BCUT2D eigenvalue weighted by Crippen LogP contribution is 2.36. The molecule has 0 unspecified atom stereocenters. The largest absolute Gasteiger partial charge is 0.461 e. The van der Waals surface area contributed by atoms with Gasteiger partial charge in [-0.2, -0.15) is 17.9 Å². The number of ether oxygens (including phenoxy) is 2. The van der Waals surface area contributed by atoms with Gasteiger partial charge in [0.25, 0.3) is 5.69 Å². The third-order valence-corrected chi connectivity index (χ3v) is 4.22. The summed E-state index contributed by atoms with van der Waals surface area (Å²) >= 11 is 0. The van der Waals surface area contributed by atoms with Crippen molar-refractivity contribution in [3.8, 4) is 23.0 Å². The van der Waals surface area contributed by atoms with E-state index in [0.29, 0.717) is 0 Å². The molecule has 2 N–H and O–H groups in total. The van der Waals surface area contributed by atoms with Crippen LogP contribution in [0.5, 0.6) is 11.5 Å². The van der Waals surface area contributed by atoms with E-state index in [1.807, 2.05) is 0 Å². The van der Waals surface area contributed by atoms with Gasteiger partial charge in [0.1, 0.15) is 22.9 Å². The normalized spacial score (nSPS) is 11.2. The smallest absolute Gasteiger partial charge is 0.437 e. The summed E-state index contributed by atoms with van der Waals surface area (Å²) in [6.07, 6.45) is -3.96. The Morgan fingerprint density at radius 2 is 1.97 bits per heavy atom. The summed E-state index contributed by atoms with van der Waals surface area (Å²) < 4.78 is 50.2. The van der Waals surface area contributed by atoms with Gasteiger partial charge in [-0.05, 0) is 25.1 Å². The fraction of sp³-hybridized carbons (Fsp3) is 0.211. The lowest BCUT2D eigenvalue weighted by Gasteiger charge is -2.10. The van der Waals surface area contributed by atoms with Gasteiger partial charge in [-0.15, -0.1) is 0 Å². The second kappa shape index (κ2) is 9.02. The molecule has 3 aromatic rings. The van der Waals surface area contributed by atoms with Crippen LogP contribution in [0.3, 0.4) is 0 Å². The number of aromatic nitrogens is 3. The van der Waals surface area contributed by atoms with E-state index < -0.39 is 34.3 Å². The van der Waals surface area contributed by atoms with E-state index in [1.165, 1.54) is 32.2 Å². The lowest BCUT2D eigenvalue weighted by molar-refractivity contribution is -0.384. The molecule has 0 saturated carbocycles. The number of rotatable bonds is 7. The molecule has 0 bridgehead atoms. The van der Waals surface area contributed by atoms with Gasteiger partial charge in [-0.1, -0.05) is 0 Å². The Morgan fingerprint density at radius 3 is 2.58 bits per heavy atom. The van der Waals surface area contributed by atoms with Crippen LogP contribution in [-0.2, 0) is 10.9 Å². The van der Waals surface area contributed by atoms with Crippen LogP contribution in [0.2, 0.25) is 0 Å². The minimum Gasteiger partial charge on any atom is -0.461 e. The number of hydrogen-bond donors (Lipinski definition) is 2. The molecule has 0 spiro atoms. The topological polar surface area (TPSA) is 142 Å². The third-order valence-electron chi connectivity index (χ3n) is 4.22. The van der Waals surface area contributed by atoms with Crippen molar-refractivity contribution in [3.63, 3.8) is 0 Å². The quantitative estimate of drug-likeness (QED) is 0.227. The van der Waals surface area contributed by atoms with Crippen molar-refractivity contribution in [1.29, 1.82) is 0 Å². The van der Waals surface area contributed by atoms with Crippen molar-refractivity contribution in [2.45, 2.75) is 13.1 Å². The number of hydrogen-bond acceptors (Lipinski definition) is 9. The molecule has 0 atom stereocenters. The van der Waals surface area contributed by atoms with Gasteiger partial charge in [-0.25, -0.2) is 9.78 Å². The van der Waals surface area contributed by atoms with E-state index in [2.05, 4.69) is 20.0 Å². The Balaban J connectivity index is 2.02. The average Bonchev–Trinajstić information content (AvgIpc) is 3.12. The Hall–Kier alpha value is -4.36. The number of esters is 1. The first-order valence-corrected chi connectivity index (χ1v) is 9.23. The number of anilines is 1. The molecule has 11 nitrogen and oxygen atoms in total. The van der Waals surface area contributed by atoms with Crippen molar-refractivity contribution in [2.24, 2.45) is 0 Å². The highest BCUT2D eigenvalue weighted by molar-refractivity contribution is 5.89. The molecule has 3 rings (SSSR count). The van der Waals surface area contributed by atoms with E-state index in [0.717, 1.165) is 18.3 Å². The summed E-state index contributed by atoms with van der Waals surface area (Å²) in [6.45, 7) is 1.20. The minimum absolute atomic E-state index is 0.0285. The number of benzene rings is 1. The summed E-state index contributed by atoms with van der Waals surface area (Å²) in [4.78, 5) is 30.0. The summed E-state index contributed by atoms with van der Waals surface area (Å²) in [5, 5.41) is 24.0. The summed E-state index contributed by atoms with van der Waals surface area (Å²) in [5.74, 6) is -1.97. The van der Waals surface area contributed by atoms with Crippen LogP contribution in [0, 0.1) is 10.1 Å². The van der Waals surface area contributed by atoms with E-state index in [1.54, 1.807) is 0 Å². The second-order valence-electron chi connectivity index (χ2n) is 6.33. The Bertz CT molecular complexity index is 1210. The van der Waals surface area contributed by atoms with Crippen molar-refractivity contribution in [2.75, 3.05) is 19.0 Å². The maximum atomic E-state index is 13.4. The van der Waals surface area contributed by atoms with Crippen LogP contribution < -0.4 is 10.1 Å². The summed E-state index contributed by atoms with van der Waals surface area (Å²) in [6, 6.07) is 6.48. The number of alkyl halides is 3. The number of nitro benzene ring substituents is 1. The number of nitro groups is 1. The maximum absolute atomic E-state index is 13.4. The van der Waals surface area contributed by atoms with Crippen molar-refractivity contribution in [1.82, 2.24) is 14.7 Å². The lowest BCUT2D eigenvalue weighted by atomic mass is 10.2. The van der Waals surface area contributed by atoms with Gasteiger partial charge in [-0.3, -0.25) is 15.1 Å². The Kier molecular flexibility index (Phi) is 6.37. The third kappa shape index (κ3) is 4.78. The number of halogens is 3. The fourth-order valence-corrected chi connectivity index (χ4v) is 2.84. The molecule has 0 fully saturated rings. The summed E-state index contributed by atoms with van der Waals surface area (Å²) in [7, 11) is 1.51. The molecule has 2 heterocycles. The van der Waals surface area contributed by atoms with E-state index in [4.69, 9.17) is 4.74 Å². The zero-order valence-corrected chi connectivity index (χ0v) is 17.1. The highest BCUT2D eigenvalue weighted by atomic mass is 19.4. The first-order chi connectivity index (χ1) is 15.6. The molecule has 0 saturated heterocycles. The fourth-order valence-electron chi connectivity index (χ4n) is 2.84. The molecule has 1 aromatic carbocycles. The van der Waals surface area contributed by atoms with Gasteiger partial charge < -0.3 is 20.0 Å². The van der Waals surface area contributed by atoms with Crippen molar-refractivity contribution < 1.29 is 37.6 Å². The number of nitrogens with zero attached hydrogens (tertiary/aromatic N) is 4. The van der Waals surface area contributed by atoms with Gasteiger partial charge >= 0.3 is 12.1 Å². The predicted molar refractivity (Wildman–Crippen MR) is 106 cm³/mol. The molecular formula is C19H16F3N5O6. The minimum atomic E-state index is -5.12. The Labute approximate surface area is 183 Å². The number of carbonyl (C=O) groups is 1. The van der Waals surface area contributed by atoms with Gasteiger partial charge in [0, 0.05) is 19.3 Å².